The Morgan fingerprint density at radius 3 is 3.18 bits per heavy atom. The molecular formula is C7H7N3S. The van der Waals surface area contributed by atoms with Crippen molar-refractivity contribution in [3.63, 3.8) is 0 Å². The average Bonchev–Trinajstić information content (AvgIpc) is 2.58. The van der Waals surface area contributed by atoms with Gasteiger partial charge < -0.3 is 0 Å². The predicted octanol–water partition coefficient (Wildman–Crippen LogP) is 1.54. The molecule has 0 saturated heterocycles. The van der Waals surface area contributed by atoms with Crippen LogP contribution >= 0.6 is 11.3 Å². The highest BCUT2D eigenvalue weighted by atomic mass is 32.1. The lowest BCUT2D eigenvalue weighted by molar-refractivity contribution is 0.768. The Labute approximate surface area is 69.7 Å². The molecule has 0 amide bonds. The first-order chi connectivity index (χ1) is 5.75. The summed E-state index contributed by atoms with van der Waals surface area (Å²) in [6.07, 6.45) is 5.18. The third-order valence-corrected chi connectivity index (χ3v) is 2.10. The Morgan fingerprint density at radius 1 is 1.73 bits per heavy atom. The second-order valence-corrected chi connectivity index (χ2v) is 3.01. The maximum atomic E-state index is 7.30. The Hall–Kier alpha value is -1.16. The van der Waals surface area contributed by atoms with Crippen LogP contribution in [0.15, 0.2) is 23.9 Å². The molecule has 2 rings (SSSR count). The molecule has 0 aliphatic heterocycles. The maximum Gasteiger partial charge on any atom is 0.126 e. The van der Waals surface area contributed by atoms with Crippen LogP contribution in [0.25, 0.3) is 10.6 Å². The van der Waals surface area contributed by atoms with Crippen LogP contribution in [0.4, 0.5) is 0 Å². The lowest BCUT2D eigenvalue weighted by atomic mass is 10.4. The van der Waals surface area contributed by atoms with Gasteiger partial charge in [-0.05, 0) is 0 Å². The van der Waals surface area contributed by atoms with Crippen molar-refractivity contribution in [3.8, 4) is 10.6 Å². The topological polar surface area (TPSA) is 30.7 Å². The van der Waals surface area contributed by atoms with Crippen molar-refractivity contribution in [3.05, 3.63) is 23.9 Å². The summed E-state index contributed by atoms with van der Waals surface area (Å²) < 4.78 is 9.02. The van der Waals surface area contributed by atoms with Crippen molar-refractivity contribution < 1.29 is 1.37 Å². The first-order valence-corrected chi connectivity index (χ1v) is 3.99. The van der Waals surface area contributed by atoms with Crippen molar-refractivity contribution in [1.82, 2.24) is 14.8 Å². The summed E-state index contributed by atoms with van der Waals surface area (Å²) in [6, 6.07) is 0. The molecule has 0 N–H and O–H groups in total. The van der Waals surface area contributed by atoms with Gasteiger partial charge in [-0.2, -0.15) is 5.10 Å². The van der Waals surface area contributed by atoms with E-state index >= 15 is 0 Å². The lowest BCUT2D eigenvalue weighted by Gasteiger charge is -1.84. The molecule has 0 fully saturated rings. The van der Waals surface area contributed by atoms with E-state index in [1.165, 1.54) is 11.3 Å². The van der Waals surface area contributed by atoms with E-state index in [4.69, 9.17) is 1.37 Å². The van der Waals surface area contributed by atoms with Crippen molar-refractivity contribution in [1.29, 1.82) is 0 Å². The molecule has 3 nitrogen and oxygen atoms in total. The molecule has 0 aliphatic rings. The number of rotatable bonds is 1. The van der Waals surface area contributed by atoms with Gasteiger partial charge in [0.2, 0.25) is 0 Å². The predicted molar refractivity (Wildman–Crippen MR) is 44.3 cm³/mol. The molecule has 56 valence electrons. The monoisotopic (exact) mass is 166 g/mol. The molecule has 11 heavy (non-hydrogen) atoms. The molecule has 4 heteroatoms. The van der Waals surface area contributed by atoms with E-state index in [1.54, 1.807) is 17.1 Å². The molecule has 2 aromatic heterocycles. The van der Waals surface area contributed by atoms with Crippen molar-refractivity contribution in [2.24, 2.45) is 7.05 Å². The van der Waals surface area contributed by atoms with Gasteiger partial charge in [-0.1, -0.05) is 0 Å². The molecule has 0 bridgehead atoms. The highest BCUT2D eigenvalue weighted by Gasteiger charge is 2.00. The summed E-state index contributed by atoms with van der Waals surface area (Å²) in [4.78, 5) is 4.08. The Kier molecular flexibility index (Phi) is 1.23. The summed E-state index contributed by atoms with van der Waals surface area (Å²) in [5.41, 5.74) is 0.973. The van der Waals surface area contributed by atoms with Crippen LogP contribution in [0.5, 0.6) is 0 Å². The minimum atomic E-state index is 0.480. The number of aryl methyl sites for hydroxylation is 1. The molecule has 0 spiro atoms. The van der Waals surface area contributed by atoms with E-state index in [2.05, 4.69) is 10.1 Å². The largest absolute Gasteiger partial charge is 0.275 e. The first-order valence-electron chi connectivity index (χ1n) is 3.67. The number of hydrogen-bond acceptors (Lipinski definition) is 3. The maximum absolute atomic E-state index is 7.30. The minimum Gasteiger partial charge on any atom is -0.275 e. The van der Waals surface area contributed by atoms with Gasteiger partial charge in [0.25, 0.3) is 0 Å². The van der Waals surface area contributed by atoms with Gasteiger partial charge in [0.15, 0.2) is 0 Å². The van der Waals surface area contributed by atoms with E-state index in [1.807, 2.05) is 13.2 Å². The van der Waals surface area contributed by atoms with Gasteiger partial charge in [0, 0.05) is 30.4 Å². The van der Waals surface area contributed by atoms with E-state index in [9.17, 15) is 0 Å². The lowest BCUT2D eigenvalue weighted by Crippen LogP contribution is -1.83. The van der Waals surface area contributed by atoms with Crippen LogP contribution in [0.1, 0.15) is 1.37 Å². The van der Waals surface area contributed by atoms with Crippen LogP contribution in [-0.4, -0.2) is 14.8 Å². The fraction of sp³-hybridized carbons (Fsp3) is 0.143. The van der Waals surface area contributed by atoms with Crippen LogP contribution in [0, 0.1) is 0 Å². The summed E-state index contributed by atoms with van der Waals surface area (Å²) in [5.74, 6) is 0. The highest BCUT2D eigenvalue weighted by Crippen LogP contribution is 2.19. The van der Waals surface area contributed by atoms with E-state index in [0.29, 0.717) is 5.36 Å². The van der Waals surface area contributed by atoms with Crippen LogP contribution in [-0.2, 0) is 7.05 Å². The quantitative estimate of drug-likeness (QED) is 0.643. The molecule has 0 saturated carbocycles. The summed E-state index contributed by atoms with van der Waals surface area (Å²) in [7, 11) is 1.86. The molecular weight excluding hydrogens is 158 g/mol. The smallest absolute Gasteiger partial charge is 0.126 e. The van der Waals surface area contributed by atoms with E-state index in [-0.39, 0.29) is 0 Å². The van der Waals surface area contributed by atoms with Crippen molar-refractivity contribution >= 4 is 11.3 Å². The first kappa shape index (κ1) is 5.49. The summed E-state index contributed by atoms with van der Waals surface area (Å²) >= 11 is 1.36. The minimum absolute atomic E-state index is 0.480. The fourth-order valence-electron chi connectivity index (χ4n) is 0.859. The van der Waals surface area contributed by atoms with Gasteiger partial charge in [-0.25, -0.2) is 4.98 Å². The third-order valence-electron chi connectivity index (χ3n) is 1.34. The Morgan fingerprint density at radius 2 is 2.64 bits per heavy atom. The number of hydrogen-bond donors (Lipinski definition) is 0. The molecule has 0 unspecified atom stereocenters. The molecule has 0 aromatic carbocycles. The molecule has 2 aromatic rings. The highest BCUT2D eigenvalue weighted by molar-refractivity contribution is 7.13. The van der Waals surface area contributed by atoms with E-state index < -0.39 is 0 Å². The van der Waals surface area contributed by atoms with Gasteiger partial charge in [0.1, 0.15) is 5.01 Å². The van der Waals surface area contributed by atoms with Gasteiger partial charge in [-0.3, -0.25) is 4.68 Å². The number of nitrogens with zero attached hydrogens (tertiary/aromatic N) is 3. The number of aromatic nitrogens is 3. The van der Waals surface area contributed by atoms with Crippen LogP contribution < -0.4 is 0 Å². The second-order valence-electron chi connectivity index (χ2n) is 2.19. The van der Waals surface area contributed by atoms with Crippen LogP contribution in [0.3, 0.4) is 0 Å². The van der Waals surface area contributed by atoms with Gasteiger partial charge in [-0.15, -0.1) is 11.3 Å². The Bertz CT molecular complexity index is 355. The summed E-state index contributed by atoms with van der Waals surface area (Å²) in [6.45, 7) is 0. The zero-order chi connectivity index (χ0) is 8.55. The van der Waals surface area contributed by atoms with Gasteiger partial charge >= 0.3 is 0 Å². The third kappa shape index (κ3) is 1.17. The normalized spacial score (nSPS) is 11.5. The zero-order valence-corrected chi connectivity index (χ0v) is 6.80. The fourth-order valence-corrected chi connectivity index (χ4v) is 1.40. The zero-order valence-electron chi connectivity index (χ0n) is 6.98. The molecule has 0 radical (unpaired) electrons. The molecule has 0 aliphatic carbocycles. The van der Waals surface area contributed by atoms with Crippen molar-refractivity contribution in [2.75, 3.05) is 0 Å². The van der Waals surface area contributed by atoms with Crippen molar-refractivity contribution in [2.45, 2.75) is 0 Å². The van der Waals surface area contributed by atoms with Crippen LogP contribution in [0.2, 0.25) is 0 Å². The second kappa shape index (κ2) is 2.47. The Balaban J connectivity index is 2.43. The average molecular weight is 166 g/mol. The van der Waals surface area contributed by atoms with E-state index in [0.717, 1.165) is 10.6 Å². The SMILES string of the molecule is [2H]c1cnc(-c2cnn(C)c2)s1. The standard InChI is InChI=1S/C7H7N3S/c1-10-5-6(4-9-10)7-8-2-3-11-7/h2-5H,1H3/i3D. The molecule has 0 atom stereocenters. The summed E-state index contributed by atoms with van der Waals surface area (Å²) in [5, 5.41) is 5.36. The molecule has 2 heterocycles. The number of thiazole rings is 1. The van der Waals surface area contributed by atoms with Gasteiger partial charge in [0.05, 0.1) is 7.57 Å².